The maximum Gasteiger partial charge on any atom is 0.237 e. The molecular formula is C24H25N3O2S2. The number of amides is 1. The molecule has 0 radical (unpaired) electrons. The summed E-state index contributed by atoms with van der Waals surface area (Å²) in [5, 5.41) is 9.51. The van der Waals surface area contributed by atoms with Crippen molar-refractivity contribution in [1.82, 2.24) is 0 Å². The summed E-state index contributed by atoms with van der Waals surface area (Å²) in [6.07, 6.45) is 0. The minimum atomic E-state index is -0.292. The van der Waals surface area contributed by atoms with Crippen LogP contribution in [0.1, 0.15) is 13.8 Å². The summed E-state index contributed by atoms with van der Waals surface area (Å²) in [5.41, 5.74) is 2.45. The van der Waals surface area contributed by atoms with Crippen molar-refractivity contribution >= 4 is 52.1 Å². The van der Waals surface area contributed by atoms with Crippen LogP contribution in [0.4, 0.5) is 17.1 Å². The van der Waals surface area contributed by atoms with Crippen molar-refractivity contribution in [2.24, 2.45) is 0 Å². The highest BCUT2D eigenvalue weighted by molar-refractivity contribution is 8.00. The Morgan fingerprint density at radius 2 is 1.61 bits per heavy atom. The quantitative estimate of drug-likeness (QED) is 0.288. The Hall–Kier alpha value is -3.03. The molecule has 0 saturated carbocycles. The summed E-state index contributed by atoms with van der Waals surface area (Å²) in [6, 6.07) is 25.0. The predicted molar refractivity (Wildman–Crippen MR) is 134 cm³/mol. The van der Waals surface area contributed by atoms with Gasteiger partial charge in [0.15, 0.2) is 5.11 Å². The van der Waals surface area contributed by atoms with E-state index in [9.17, 15) is 4.79 Å². The van der Waals surface area contributed by atoms with Crippen LogP contribution in [0.2, 0.25) is 0 Å². The SMILES string of the molecule is CCOc1ccccc1NC(=O)C(C)Sc1cccc(NC(=S)Nc2ccccc2)c1. The van der Waals surface area contributed by atoms with Crippen LogP contribution < -0.4 is 20.7 Å². The zero-order valence-electron chi connectivity index (χ0n) is 17.4. The van der Waals surface area contributed by atoms with E-state index >= 15 is 0 Å². The number of para-hydroxylation sites is 3. The van der Waals surface area contributed by atoms with Crippen LogP contribution in [0.15, 0.2) is 83.8 Å². The van der Waals surface area contributed by atoms with Crippen molar-refractivity contribution in [1.29, 1.82) is 0 Å². The maximum atomic E-state index is 12.7. The first-order valence-corrected chi connectivity index (χ1v) is 11.3. The number of ether oxygens (including phenoxy) is 1. The van der Waals surface area contributed by atoms with Gasteiger partial charge < -0.3 is 20.7 Å². The molecule has 0 bridgehead atoms. The monoisotopic (exact) mass is 451 g/mol. The van der Waals surface area contributed by atoms with Crippen molar-refractivity contribution < 1.29 is 9.53 Å². The molecule has 1 unspecified atom stereocenters. The Balaban J connectivity index is 1.58. The third-order valence-electron chi connectivity index (χ3n) is 4.25. The number of carbonyl (C=O) groups is 1. The normalized spacial score (nSPS) is 11.3. The largest absolute Gasteiger partial charge is 0.492 e. The van der Waals surface area contributed by atoms with Crippen LogP contribution in [0.3, 0.4) is 0 Å². The summed E-state index contributed by atoms with van der Waals surface area (Å²) < 4.78 is 5.58. The highest BCUT2D eigenvalue weighted by atomic mass is 32.2. The molecule has 7 heteroatoms. The average Bonchev–Trinajstić information content (AvgIpc) is 2.76. The molecule has 5 nitrogen and oxygen atoms in total. The van der Waals surface area contributed by atoms with Gasteiger partial charge in [0.25, 0.3) is 0 Å². The number of anilines is 3. The molecule has 3 N–H and O–H groups in total. The van der Waals surface area contributed by atoms with Crippen molar-refractivity contribution in [3.63, 3.8) is 0 Å². The number of hydrogen-bond donors (Lipinski definition) is 3. The van der Waals surface area contributed by atoms with E-state index < -0.39 is 0 Å². The van der Waals surface area contributed by atoms with E-state index in [1.54, 1.807) is 0 Å². The first-order valence-electron chi connectivity index (χ1n) is 9.97. The lowest BCUT2D eigenvalue weighted by atomic mass is 10.3. The molecular weight excluding hydrogens is 426 g/mol. The van der Waals surface area contributed by atoms with Gasteiger partial charge in [0.1, 0.15) is 5.75 Å². The van der Waals surface area contributed by atoms with Gasteiger partial charge in [-0.2, -0.15) is 0 Å². The van der Waals surface area contributed by atoms with Crippen molar-refractivity contribution in [2.75, 3.05) is 22.6 Å². The maximum absolute atomic E-state index is 12.7. The zero-order chi connectivity index (χ0) is 22.1. The molecule has 3 aromatic rings. The van der Waals surface area contributed by atoms with Gasteiger partial charge in [-0.3, -0.25) is 4.79 Å². The van der Waals surface area contributed by atoms with Gasteiger partial charge in [0.05, 0.1) is 17.5 Å². The van der Waals surface area contributed by atoms with E-state index in [2.05, 4.69) is 16.0 Å². The first-order chi connectivity index (χ1) is 15.0. The number of hydrogen-bond acceptors (Lipinski definition) is 4. The smallest absolute Gasteiger partial charge is 0.237 e. The first kappa shape index (κ1) is 22.7. The van der Waals surface area contributed by atoms with Crippen LogP contribution >= 0.6 is 24.0 Å². The van der Waals surface area contributed by atoms with E-state index in [-0.39, 0.29) is 11.2 Å². The standard InChI is InChI=1S/C24H25N3O2S2/c1-3-29-22-15-8-7-14-21(22)27-23(28)17(2)31-20-13-9-12-19(16-20)26-24(30)25-18-10-5-4-6-11-18/h4-17H,3H2,1-2H3,(H,27,28)(H2,25,26,30). The summed E-state index contributed by atoms with van der Waals surface area (Å²) >= 11 is 6.87. The van der Waals surface area contributed by atoms with Crippen LogP contribution in [0, 0.1) is 0 Å². The fourth-order valence-electron chi connectivity index (χ4n) is 2.81. The Morgan fingerprint density at radius 3 is 2.39 bits per heavy atom. The van der Waals surface area contributed by atoms with E-state index in [0.29, 0.717) is 23.2 Å². The van der Waals surface area contributed by atoms with Gasteiger partial charge in [-0.1, -0.05) is 36.4 Å². The summed E-state index contributed by atoms with van der Waals surface area (Å²) in [4.78, 5) is 13.7. The minimum absolute atomic E-state index is 0.0863. The number of nitrogens with one attached hydrogen (secondary N) is 3. The second-order valence-electron chi connectivity index (χ2n) is 6.65. The van der Waals surface area contributed by atoms with Crippen LogP contribution in [-0.4, -0.2) is 22.9 Å². The molecule has 0 aliphatic heterocycles. The van der Waals surface area contributed by atoms with Gasteiger partial charge in [0, 0.05) is 16.3 Å². The summed E-state index contributed by atoms with van der Waals surface area (Å²) in [6.45, 7) is 4.34. The molecule has 3 rings (SSSR count). The third-order valence-corrected chi connectivity index (χ3v) is 5.55. The van der Waals surface area contributed by atoms with Crippen LogP contribution in [-0.2, 0) is 4.79 Å². The molecule has 0 heterocycles. The molecule has 0 aliphatic carbocycles. The van der Waals surface area contributed by atoms with Gasteiger partial charge in [-0.15, -0.1) is 11.8 Å². The summed E-state index contributed by atoms with van der Waals surface area (Å²) in [7, 11) is 0. The Labute approximate surface area is 192 Å². The number of benzene rings is 3. The van der Waals surface area contributed by atoms with Crippen molar-refractivity contribution in [2.45, 2.75) is 24.0 Å². The number of rotatable bonds is 8. The van der Waals surface area contributed by atoms with Crippen LogP contribution in [0.5, 0.6) is 5.75 Å². The third kappa shape index (κ3) is 7.01. The molecule has 0 spiro atoms. The highest BCUT2D eigenvalue weighted by Crippen LogP contribution is 2.29. The Bertz CT molecular complexity index is 1030. The lowest BCUT2D eigenvalue weighted by Gasteiger charge is -2.15. The lowest BCUT2D eigenvalue weighted by molar-refractivity contribution is -0.115. The molecule has 31 heavy (non-hydrogen) atoms. The molecule has 3 aromatic carbocycles. The Kier molecular flexibility index (Phi) is 8.32. The second kappa shape index (κ2) is 11.4. The van der Waals surface area contributed by atoms with E-state index in [1.807, 2.05) is 92.7 Å². The molecule has 1 atom stereocenters. The van der Waals surface area contributed by atoms with Gasteiger partial charge in [0.2, 0.25) is 5.91 Å². The van der Waals surface area contributed by atoms with Crippen LogP contribution in [0.25, 0.3) is 0 Å². The second-order valence-corrected chi connectivity index (χ2v) is 8.47. The van der Waals surface area contributed by atoms with E-state index in [0.717, 1.165) is 16.3 Å². The van der Waals surface area contributed by atoms with E-state index in [4.69, 9.17) is 17.0 Å². The van der Waals surface area contributed by atoms with Crippen molar-refractivity contribution in [3.05, 3.63) is 78.9 Å². The highest BCUT2D eigenvalue weighted by Gasteiger charge is 2.16. The van der Waals surface area contributed by atoms with Gasteiger partial charge in [-0.25, -0.2) is 0 Å². The molecule has 0 fully saturated rings. The lowest BCUT2D eigenvalue weighted by Crippen LogP contribution is -2.22. The van der Waals surface area contributed by atoms with Gasteiger partial charge in [-0.05, 0) is 68.5 Å². The topological polar surface area (TPSA) is 62.4 Å². The number of thioether (sulfide) groups is 1. The molecule has 1 amide bonds. The molecule has 0 saturated heterocycles. The molecule has 0 aliphatic rings. The van der Waals surface area contributed by atoms with E-state index in [1.165, 1.54) is 11.8 Å². The summed E-state index contributed by atoms with van der Waals surface area (Å²) in [5.74, 6) is 0.581. The Morgan fingerprint density at radius 1 is 0.935 bits per heavy atom. The zero-order valence-corrected chi connectivity index (χ0v) is 19.1. The predicted octanol–water partition coefficient (Wildman–Crippen LogP) is 6.01. The molecule has 0 aromatic heterocycles. The number of carbonyl (C=O) groups excluding carboxylic acids is 1. The average molecular weight is 452 g/mol. The fourth-order valence-corrected chi connectivity index (χ4v) is 3.97. The molecule has 160 valence electrons. The fraction of sp³-hybridized carbons (Fsp3) is 0.167. The number of thiocarbonyl (C=S) groups is 1. The van der Waals surface area contributed by atoms with Crippen molar-refractivity contribution in [3.8, 4) is 5.75 Å². The van der Waals surface area contributed by atoms with Gasteiger partial charge >= 0.3 is 0 Å². The minimum Gasteiger partial charge on any atom is -0.492 e.